The first-order valence-electron chi connectivity index (χ1n) is 3.87. The third-order valence-corrected chi connectivity index (χ3v) is 1.87. The average molecular weight is 192 g/mol. The topological polar surface area (TPSA) is 56.0 Å². The van der Waals surface area contributed by atoms with Gasteiger partial charge in [0.2, 0.25) is 5.82 Å². The number of fused-ring (bicyclic) bond motifs is 1. The van der Waals surface area contributed by atoms with Crippen molar-refractivity contribution in [3.05, 3.63) is 46.4 Å². The number of pyridine rings is 1. The molecular formula is C9H5FN2O2. The van der Waals surface area contributed by atoms with Gasteiger partial charge in [0.05, 0.1) is 10.4 Å². The van der Waals surface area contributed by atoms with E-state index in [0.29, 0.717) is 10.9 Å². The normalized spacial score (nSPS) is 10.4. The lowest BCUT2D eigenvalue weighted by atomic mass is 10.2. The molecule has 70 valence electrons. The molecule has 4 nitrogen and oxygen atoms in total. The summed E-state index contributed by atoms with van der Waals surface area (Å²) in [6.07, 6.45) is 1.51. The van der Waals surface area contributed by atoms with Gasteiger partial charge >= 0.3 is 5.69 Å². The summed E-state index contributed by atoms with van der Waals surface area (Å²) in [5, 5.41) is 11.0. The van der Waals surface area contributed by atoms with Gasteiger partial charge in [0.25, 0.3) is 0 Å². The second kappa shape index (κ2) is 3.02. The van der Waals surface area contributed by atoms with Crippen molar-refractivity contribution in [1.82, 2.24) is 4.98 Å². The van der Waals surface area contributed by atoms with Gasteiger partial charge in [-0.1, -0.05) is 6.07 Å². The molecule has 1 aromatic heterocycles. The Kier molecular flexibility index (Phi) is 1.85. The Hall–Kier alpha value is -2.04. The van der Waals surface area contributed by atoms with Crippen molar-refractivity contribution in [3.63, 3.8) is 0 Å². The molecule has 1 heterocycles. The average Bonchev–Trinajstić information content (AvgIpc) is 2.16. The minimum atomic E-state index is -0.860. The highest BCUT2D eigenvalue weighted by Crippen LogP contribution is 2.22. The number of aromatic nitrogens is 1. The van der Waals surface area contributed by atoms with Crippen LogP contribution in [0, 0.1) is 15.9 Å². The Bertz CT molecular complexity index is 513. The number of hydrogen-bond donors (Lipinski definition) is 0. The van der Waals surface area contributed by atoms with E-state index in [4.69, 9.17) is 0 Å². The number of nitro groups is 1. The lowest BCUT2D eigenvalue weighted by Gasteiger charge is -1.97. The molecule has 0 atom stereocenters. The number of rotatable bonds is 1. The van der Waals surface area contributed by atoms with E-state index in [1.165, 1.54) is 12.3 Å². The highest BCUT2D eigenvalue weighted by atomic mass is 19.1. The summed E-state index contributed by atoms with van der Waals surface area (Å²) in [5.74, 6) is -0.860. The molecule has 5 heteroatoms. The molecule has 0 unspecified atom stereocenters. The Morgan fingerprint density at radius 3 is 2.93 bits per heavy atom. The second-order valence-electron chi connectivity index (χ2n) is 2.76. The lowest BCUT2D eigenvalue weighted by Crippen LogP contribution is -1.92. The quantitative estimate of drug-likeness (QED) is 0.514. The van der Waals surface area contributed by atoms with Gasteiger partial charge in [0, 0.05) is 23.7 Å². The smallest absolute Gasteiger partial charge is 0.258 e. The van der Waals surface area contributed by atoms with Crippen molar-refractivity contribution >= 4 is 16.6 Å². The molecule has 2 aromatic rings. The fourth-order valence-corrected chi connectivity index (χ4v) is 1.22. The van der Waals surface area contributed by atoms with Crippen LogP contribution in [0.5, 0.6) is 0 Å². The van der Waals surface area contributed by atoms with E-state index >= 15 is 0 Å². The highest BCUT2D eigenvalue weighted by molar-refractivity contribution is 5.80. The summed E-state index contributed by atoms with van der Waals surface area (Å²) in [6, 6.07) is 5.53. The number of halogens is 1. The monoisotopic (exact) mass is 192 g/mol. The van der Waals surface area contributed by atoms with E-state index in [-0.39, 0.29) is 0 Å². The van der Waals surface area contributed by atoms with Gasteiger partial charge in [-0.3, -0.25) is 15.1 Å². The number of benzene rings is 1. The second-order valence-corrected chi connectivity index (χ2v) is 2.76. The zero-order chi connectivity index (χ0) is 10.1. The molecule has 0 N–H and O–H groups in total. The van der Waals surface area contributed by atoms with Crippen molar-refractivity contribution in [2.75, 3.05) is 0 Å². The Morgan fingerprint density at radius 1 is 1.43 bits per heavy atom. The first kappa shape index (κ1) is 8.55. The molecule has 14 heavy (non-hydrogen) atoms. The van der Waals surface area contributed by atoms with Crippen molar-refractivity contribution in [2.24, 2.45) is 0 Å². The van der Waals surface area contributed by atoms with E-state index in [9.17, 15) is 14.5 Å². The van der Waals surface area contributed by atoms with Gasteiger partial charge in [-0.05, 0) is 6.07 Å². The van der Waals surface area contributed by atoms with Gasteiger partial charge in [-0.2, -0.15) is 4.39 Å². The van der Waals surface area contributed by atoms with E-state index < -0.39 is 16.4 Å². The van der Waals surface area contributed by atoms with Crippen LogP contribution in [0.2, 0.25) is 0 Å². The van der Waals surface area contributed by atoms with Crippen molar-refractivity contribution in [1.29, 1.82) is 0 Å². The molecule has 0 saturated heterocycles. The summed E-state index contributed by atoms with van der Waals surface area (Å²) >= 11 is 0. The van der Waals surface area contributed by atoms with Crippen molar-refractivity contribution in [3.8, 4) is 0 Å². The highest BCUT2D eigenvalue weighted by Gasteiger charge is 2.14. The fraction of sp³-hybridized carbons (Fsp3) is 0. The molecule has 0 radical (unpaired) electrons. The largest absolute Gasteiger partial charge is 0.305 e. The van der Waals surface area contributed by atoms with Crippen LogP contribution in [0.4, 0.5) is 10.1 Å². The number of nitro benzene ring substituents is 1. The minimum absolute atomic E-state index is 0.413. The van der Waals surface area contributed by atoms with Gasteiger partial charge in [0.1, 0.15) is 0 Å². The van der Waals surface area contributed by atoms with E-state index in [1.807, 2.05) is 0 Å². The SMILES string of the molecule is O=[N+]([O-])c1cc2cccnc2cc1F. The van der Waals surface area contributed by atoms with Crippen LogP contribution in [-0.4, -0.2) is 9.91 Å². The third kappa shape index (κ3) is 1.28. The van der Waals surface area contributed by atoms with Crippen LogP contribution in [0.15, 0.2) is 30.5 Å². The van der Waals surface area contributed by atoms with Gasteiger partial charge in [-0.15, -0.1) is 0 Å². The zero-order valence-corrected chi connectivity index (χ0v) is 6.98. The maximum atomic E-state index is 13.1. The zero-order valence-electron chi connectivity index (χ0n) is 6.98. The van der Waals surface area contributed by atoms with E-state index in [2.05, 4.69) is 4.98 Å². The molecule has 2 rings (SSSR count). The molecule has 0 aliphatic carbocycles. The van der Waals surface area contributed by atoms with Gasteiger partial charge < -0.3 is 0 Å². The van der Waals surface area contributed by atoms with Crippen molar-refractivity contribution < 1.29 is 9.31 Å². The lowest BCUT2D eigenvalue weighted by molar-refractivity contribution is -0.387. The van der Waals surface area contributed by atoms with Gasteiger partial charge in [0.15, 0.2) is 0 Å². The maximum Gasteiger partial charge on any atom is 0.305 e. The van der Waals surface area contributed by atoms with Crippen LogP contribution >= 0.6 is 0 Å². The summed E-state index contributed by atoms with van der Waals surface area (Å²) < 4.78 is 13.1. The van der Waals surface area contributed by atoms with E-state index in [1.54, 1.807) is 12.1 Å². The maximum absolute atomic E-state index is 13.1. The van der Waals surface area contributed by atoms with Crippen LogP contribution in [0.25, 0.3) is 10.9 Å². The first-order chi connectivity index (χ1) is 6.68. The summed E-state index contributed by atoms with van der Waals surface area (Å²) in [4.78, 5) is 13.5. The molecular weight excluding hydrogens is 187 g/mol. The minimum Gasteiger partial charge on any atom is -0.258 e. The Labute approximate surface area is 78.2 Å². The summed E-state index contributed by atoms with van der Waals surface area (Å²) in [7, 11) is 0. The third-order valence-electron chi connectivity index (χ3n) is 1.87. The predicted molar refractivity (Wildman–Crippen MR) is 48.4 cm³/mol. The summed E-state index contributed by atoms with van der Waals surface area (Å²) in [5.41, 5.74) is -0.110. The Balaban J connectivity index is 2.77. The number of hydrogen-bond acceptors (Lipinski definition) is 3. The molecule has 1 aromatic carbocycles. The van der Waals surface area contributed by atoms with E-state index in [0.717, 1.165) is 6.07 Å². The van der Waals surface area contributed by atoms with Crippen molar-refractivity contribution in [2.45, 2.75) is 0 Å². The summed E-state index contributed by atoms with van der Waals surface area (Å²) in [6.45, 7) is 0. The molecule has 0 spiro atoms. The fourth-order valence-electron chi connectivity index (χ4n) is 1.22. The van der Waals surface area contributed by atoms with Gasteiger partial charge in [-0.25, -0.2) is 0 Å². The van der Waals surface area contributed by atoms with Crippen LogP contribution in [0.1, 0.15) is 0 Å². The molecule has 0 aliphatic heterocycles. The first-order valence-corrected chi connectivity index (χ1v) is 3.87. The molecule has 0 saturated carbocycles. The molecule has 0 aliphatic rings. The Morgan fingerprint density at radius 2 is 2.21 bits per heavy atom. The van der Waals surface area contributed by atoms with Crippen LogP contribution < -0.4 is 0 Å². The predicted octanol–water partition coefficient (Wildman–Crippen LogP) is 2.28. The van der Waals surface area contributed by atoms with Crippen LogP contribution in [-0.2, 0) is 0 Å². The molecule has 0 fully saturated rings. The van der Waals surface area contributed by atoms with Crippen LogP contribution in [0.3, 0.4) is 0 Å². The standard InChI is InChI=1S/C9H5FN2O2/c10-7-5-8-6(2-1-3-11-8)4-9(7)12(13)14/h1-5H. The number of nitrogens with zero attached hydrogens (tertiary/aromatic N) is 2. The molecule has 0 amide bonds. The molecule has 0 bridgehead atoms.